The molecule has 0 saturated carbocycles. The molecule has 2 N–H and O–H groups in total. The molecule has 2 atom stereocenters. The molecule has 1 aromatic carbocycles. The van der Waals surface area contributed by atoms with E-state index in [1.807, 2.05) is 54.4 Å². The highest BCUT2D eigenvalue weighted by atomic mass is 16.2. The molecule has 132 valence electrons. The zero-order chi connectivity index (χ0) is 17.6. The van der Waals surface area contributed by atoms with Crippen LogP contribution in [-0.4, -0.2) is 46.9 Å². The summed E-state index contributed by atoms with van der Waals surface area (Å²) in [5.74, 6) is -0.0651. The molecular weight excluding hydrogens is 312 g/mol. The van der Waals surface area contributed by atoms with E-state index < -0.39 is 0 Å². The van der Waals surface area contributed by atoms with Gasteiger partial charge in [0.15, 0.2) is 0 Å². The van der Waals surface area contributed by atoms with Crippen LogP contribution in [0.1, 0.15) is 24.1 Å². The van der Waals surface area contributed by atoms with Crippen LogP contribution >= 0.6 is 0 Å². The van der Waals surface area contributed by atoms with E-state index in [4.69, 9.17) is 5.73 Å². The van der Waals surface area contributed by atoms with Crippen LogP contribution in [0.5, 0.6) is 0 Å². The van der Waals surface area contributed by atoms with Crippen molar-refractivity contribution in [3.8, 4) is 0 Å². The summed E-state index contributed by atoms with van der Waals surface area (Å²) in [5, 5.41) is 0. The van der Waals surface area contributed by atoms with Crippen molar-refractivity contribution in [2.45, 2.75) is 19.5 Å². The molecule has 25 heavy (non-hydrogen) atoms. The highest BCUT2D eigenvalue weighted by molar-refractivity contribution is 5.79. The van der Waals surface area contributed by atoms with Crippen molar-refractivity contribution < 1.29 is 4.79 Å². The molecule has 5 heteroatoms. The summed E-state index contributed by atoms with van der Waals surface area (Å²) < 4.78 is 0. The third-order valence-electron chi connectivity index (χ3n) is 4.93. The zero-order valence-corrected chi connectivity index (χ0v) is 14.7. The smallest absolute Gasteiger partial charge is 0.227 e. The number of benzene rings is 1. The summed E-state index contributed by atoms with van der Waals surface area (Å²) in [5.41, 5.74) is 8.53. The van der Waals surface area contributed by atoms with E-state index in [1.165, 1.54) is 5.56 Å². The lowest BCUT2D eigenvalue weighted by molar-refractivity contribution is -0.137. The van der Waals surface area contributed by atoms with Crippen LogP contribution < -0.4 is 5.73 Å². The lowest BCUT2D eigenvalue weighted by Crippen LogP contribution is -2.50. The normalized spacial score (nSPS) is 17.9. The second-order valence-corrected chi connectivity index (χ2v) is 6.69. The number of aromatic nitrogens is 1. The molecule has 2 aromatic rings. The Balaban J connectivity index is 1.52. The number of nitrogens with zero attached hydrogens (tertiary/aromatic N) is 3. The van der Waals surface area contributed by atoms with Gasteiger partial charge in [0, 0.05) is 51.2 Å². The van der Waals surface area contributed by atoms with Crippen LogP contribution in [0, 0.1) is 5.92 Å². The van der Waals surface area contributed by atoms with Gasteiger partial charge in [0.25, 0.3) is 0 Å². The first kappa shape index (κ1) is 17.6. The average molecular weight is 338 g/mol. The lowest BCUT2D eigenvalue weighted by atomic mass is 9.94. The number of carbonyl (C=O) groups is 1. The molecule has 0 aliphatic carbocycles. The topological polar surface area (TPSA) is 62.5 Å². The zero-order valence-electron chi connectivity index (χ0n) is 14.7. The van der Waals surface area contributed by atoms with Gasteiger partial charge in [-0.25, -0.2) is 0 Å². The molecule has 1 fully saturated rings. The van der Waals surface area contributed by atoms with E-state index in [-0.39, 0.29) is 17.9 Å². The minimum Gasteiger partial charge on any atom is -0.340 e. The van der Waals surface area contributed by atoms with Crippen molar-refractivity contribution >= 4 is 5.91 Å². The van der Waals surface area contributed by atoms with Gasteiger partial charge in [0.1, 0.15) is 0 Å². The fourth-order valence-electron chi connectivity index (χ4n) is 3.28. The van der Waals surface area contributed by atoms with Gasteiger partial charge in [-0.1, -0.05) is 43.3 Å². The average Bonchev–Trinajstić information content (AvgIpc) is 2.68. The first-order chi connectivity index (χ1) is 12.1. The molecule has 1 saturated heterocycles. The molecule has 1 aliphatic heterocycles. The number of piperazine rings is 1. The predicted molar refractivity (Wildman–Crippen MR) is 98.6 cm³/mol. The SMILES string of the molecule is CC(C(=O)N1CCN(Cc2cccnc2)CC1)C(N)c1ccccc1. The van der Waals surface area contributed by atoms with E-state index in [2.05, 4.69) is 16.0 Å². The maximum atomic E-state index is 12.8. The second-order valence-electron chi connectivity index (χ2n) is 6.69. The van der Waals surface area contributed by atoms with Crippen molar-refractivity contribution in [1.29, 1.82) is 0 Å². The Morgan fingerprint density at radius 3 is 2.48 bits per heavy atom. The van der Waals surface area contributed by atoms with Crippen molar-refractivity contribution in [3.05, 3.63) is 66.0 Å². The third-order valence-corrected chi connectivity index (χ3v) is 4.93. The molecule has 3 rings (SSSR count). The fraction of sp³-hybridized carbons (Fsp3) is 0.400. The minimum atomic E-state index is -0.262. The summed E-state index contributed by atoms with van der Waals surface area (Å²) in [6.45, 7) is 6.09. The molecule has 1 aromatic heterocycles. The Bertz CT molecular complexity index is 669. The van der Waals surface area contributed by atoms with Crippen LogP contribution in [0.15, 0.2) is 54.9 Å². The van der Waals surface area contributed by atoms with Gasteiger partial charge in [-0.15, -0.1) is 0 Å². The number of carbonyl (C=O) groups excluding carboxylic acids is 1. The van der Waals surface area contributed by atoms with E-state index in [9.17, 15) is 4.79 Å². The van der Waals surface area contributed by atoms with E-state index >= 15 is 0 Å². The molecule has 0 spiro atoms. The number of hydrogen-bond donors (Lipinski definition) is 1. The van der Waals surface area contributed by atoms with Gasteiger partial charge in [-0.3, -0.25) is 14.7 Å². The number of pyridine rings is 1. The van der Waals surface area contributed by atoms with Crippen LogP contribution in [0.3, 0.4) is 0 Å². The number of hydrogen-bond acceptors (Lipinski definition) is 4. The van der Waals surface area contributed by atoms with Crippen LogP contribution in [0.25, 0.3) is 0 Å². The second kappa shape index (κ2) is 8.23. The van der Waals surface area contributed by atoms with Gasteiger partial charge < -0.3 is 10.6 Å². The highest BCUT2D eigenvalue weighted by Crippen LogP contribution is 2.22. The van der Waals surface area contributed by atoms with Crippen molar-refractivity contribution in [3.63, 3.8) is 0 Å². The minimum absolute atomic E-state index is 0.150. The van der Waals surface area contributed by atoms with Crippen molar-refractivity contribution in [2.24, 2.45) is 11.7 Å². The van der Waals surface area contributed by atoms with Crippen molar-refractivity contribution in [1.82, 2.24) is 14.8 Å². The first-order valence-corrected chi connectivity index (χ1v) is 8.85. The van der Waals surface area contributed by atoms with Gasteiger partial charge in [0.05, 0.1) is 5.92 Å². The summed E-state index contributed by atoms with van der Waals surface area (Å²) >= 11 is 0. The number of rotatable bonds is 5. The maximum Gasteiger partial charge on any atom is 0.227 e. The molecule has 0 bridgehead atoms. The Hall–Kier alpha value is -2.24. The molecule has 0 radical (unpaired) electrons. The van der Waals surface area contributed by atoms with E-state index in [0.29, 0.717) is 0 Å². The van der Waals surface area contributed by atoms with Crippen LogP contribution in [-0.2, 0) is 11.3 Å². The van der Waals surface area contributed by atoms with Gasteiger partial charge in [-0.05, 0) is 17.2 Å². The molecule has 2 unspecified atom stereocenters. The largest absolute Gasteiger partial charge is 0.340 e. The van der Waals surface area contributed by atoms with Crippen molar-refractivity contribution in [2.75, 3.05) is 26.2 Å². The Labute approximate surface area is 149 Å². The fourth-order valence-corrected chi connectivity index (χ4v) is 3.28. The predicted octanol–water partition coefficient (Wildman–Crippen LogP) is 2.06. The quantitative estimate of drug-likeness (QED) is 0.906. The molecular formula is C20H26N4O. The van der Waals surface area contributed by atoms with Gasteiger partial charge >= 0.3 is 0 Å². The Kier molecular flexibility index (Phi) is 5.79. The highest BCUT2D eigenvalue weighted by Gasteiger charge is 2.29. The summed E-state index contributed by atoms with van der Waals surface area (Å²) in [6, 6.07) is 13.6. The third kappa shape index (κ3) is 4.44. The number of amides is 1. The van der Waals surface area contributed by atoms with E-state index in [1.54, 1.807) is 6.20 Å². The summed E-state index contributed by atoms with van der Waals surface area (Å²) in [6.07, 6.45) is 3.69. The monoisotopic (exact) mass is 338 g/mol. The lowest BCUT2D eigenvalue weighted by Gasteiger charge is -2.36. The number of nitrogens with two attached hydrogens (primary N) is 1. The van der Waals surface area contributed by atoms with Gasteiger partial charge in [0.2, 0.25) is 5.91 Å². The maximum absolute atomic E-state index is 12.8. The molecule has 1 aliphatic rings. The summed E-state index contributed by atoms with van der Waals surface area (Å²) in [7, 11) is 0. The standard InChI is InChI=1S/C20H26N4O/c1-16(19(21)18-7-3-2-4-8-18)20(25)24-12-10-23(11-13-24)15-17-6-5-9-22-14-17/h2-9,14,16,19H,10-13,15,21H2,1H3. The molecule has 5 nitrogen and oxygen atoms in total. The van der Waals surface area contributed by atoms with E-state index in [0.717, 1.165) is 38.3 Å². The van der Waals surface area contributed by atoms with Crippen LogP contribution in [0.2, 0.25) is 0 Å². The van der Waals surface area contributed by atoms with Gasteiger partial charge in [-0.2, -0.15) is 0 Å². The first-order valence-electron chi connectivity index (χ1n) is 8.85. The Morgan fingerprint density at radius 2 is 1.84 bits per heavy atom. The molecule has 1 amide bonds. The van der Waals surface area contributed by atoms with Crippen LogP contribution in [0.4, 0.5) is 0 Å². The molecule has 2 heterocycles. The summed E-state index contributed by atoms with van der Waals surface area (Å²) in [4.78, 5) is 21.3. The Morgan fingerprint density at radius 1 is 1.12 bits per heavy atom.